The summed E-state index contributed by atoms with van der Waals surface area (Å²) in [5.74, 6) is 0. The zero-order valence-electron chi connectivity index (χ0n) is 2.98. The van der Waals surface area contributed by atoms with E-state index in [4.69, 9.17) is 7.85 Å². The van der Waals surface area contributed by atoms with E-state index in [9.17, 15) is 0 Å². The Balaban J connectivity index is 2.40. The van der Waals surface area contributed by atoms with Crippen molar-refractivity contribution in [2.24, 2.45) is 0 Å². The van der Waals surface area contributed by atoms with Crippen LogP contribution in [0.15, 0.2) is 12.8 Å². The Morgan fingerprint density at radius 1 is 2.00 bits per heavy atom. The smallest absolute Gasteiger partial charge is 0.121 e. The highest BCUT2D eigenvalue weighted by Crippen LogP contribution is 1.61. The van der Waals surface area contributed by atoms with Gasteiger partial charge in [0, 0.05) is 6.51 Å². The summed E-state index contributed by atoms with van der Waals surface area (Å²) in [6, 6.07) is 0. The Morgan fingerprint density at radius 2 is 2.60 bits per heavy atom. The van der Waals surface area contributed by atoms with Crippen LogP contribution in [0.2, 0.25) is 0 Å². The second kappa shape index (κ2) is 3.60. The minimum atomic E-state index is 0.226. The lowest BCUT2D eigenvalue weighted by Gasteiger charge is -1.84. The Labute approximate surface area is 33.0 Å². The molecule has 0 aromatic heterocycles. The molecular weight excluding hydrogens is 62.8 g/mol. The fourth-order valence-corrected chi connectivity index (χ4v) is 0.0680. The van der Waals surface area contributed by atoms with Gasteiger partial charge in [-0.25, -0.2) is 0 Å². The highest BCUT2D eigenvalue weighted by molar-refractivity contribution is 6.08. The second-order valence-corrected chi connectivity index (χ2v) is 0.500. The van der Waals surface area contributed by atoms with Gasteiger partial charge in [0.2, 0.25) is 0 Å². The first kappa shape index (κ1) is 4.60. The molecule has 0 spiro atoms. The quantitative estimate of drug-likeness (QED) is 0.333. The Hall–Kier alpha value is -0.395. The maximum absolute atomic E-state index is 4.85. The van der Waals surface area contributed by atoms with Gasteiger partial charge >= 0.3 is 0 Å². The van der Waals surface area contributed by atoms with Crippen LogP contribution in [0.1, 0.15) is 0 Å². The van der Waals surface area contributed by atoms with Crippen molar-refractivity contribution in [3.8, 4) is 0 Å². The second-order valence-electron chi connectivity index (χ2n) is 0.500. The van der Waals surface area contributed by atoms with Gasteiger partial charge < -0.3 is 4.74 Å². The van der Waals surface area contributed by atoms with Crippen LogP contribution < -0.4 is 0 Å². The normalized spacial score (nSPS) is 6.40. The maximum Gasteiger partial charge on any atom is 0.121 e. The van der Waals surface area contributed by atoms with E-state index in [2.05, 4.69) is 11.3 Å². The van der Waals surface area contributed by atoms with E-state index in [-0.39, 0.29) is 6.51 Å². The molecule has 0 unspecified atom stereocenters. The average Bonchev–Trinajstić information content (AvgIpc) is 1.41. The molecule has 0 fully saturated rings. The molecule has 0 N–H and O–H groups in total. The topological polar surface area (TPSA) is 9.23 Å². The zero-order chi connectivity index (χ0) is 4.12. The molecule has 2 heteroatoms. The molecule has 0 saturated carbocycles. The van der Waals surface area contributed by atoms with Crippen LogP contribution in [-0.2, 0) is 4.74 Å². The van der Waals surface area contributed by atoms with Crippen molar-refractivity contribution >= 4 is 7.85 Å². The summed E-state index contributed by atoms with van der Waals surface area (Å²) in [5, 5.41) is 0. The van der Waals surface area contributed by atoms with Crippen LogP contribution in [0.4, 0.5) is 0 Å². The third kappa shape index (κ3) is 3.60. The minimum absolute atomic E-state index is 0.226. The van der Waals surface area contributed by atoms with Crippen LogP contribution in [0.3, 0.4) is 0 Å². The lowest BCUT2D eigenvalue weighted by Crippen LogP contribution is -1.79. The van der Waals surface area contributed by atoms with Crippen molar-refractivity contribution in [2.45, 2.75) is 0 Å². The molecule has 0 heterocycles. The summed E-state index contributed by atoms with van der Waals surface area (Å²) in [5.41, 5.74) is 0. The van der Waals surface area contributed by atoms with Gasteiger partial charge in [0.1, 0.15) is 7.85 Å². The first-order chi connectivity index (χ1) is 2.41. The van der Waals surface area contributed by atoms with Crippen molar-refractivity contribution in [3.63, 3.8) is 0 Å². The molecule has 0 aliphatic heterocycles. The van der Waals surface area contributed by atoms with Gasteiger partial charge in [0.05, 0.1) is 6.26 Å². The summed E-state index contributed by atoms with van der Waals surface area (Å²) < 4.78 is 4.38. The third-order valence-electron chi connectivity index (χ3n) is 0.214. The molecule has 2 radical (unpaired) electrons. The van der Waals surface area contributed by atoms with Crippen molar-refractivity contribution in [2.75, 3.05) is 6.51 Å². The maximum atomic E-state index is 4.85. The summed E-state index contributed by atoms with van der Waals surface area (Å²) in [7, 11) is 4.85. The van der Waals surface area contributed by atoms with Crippen LogP contribution >= 0.6 is 0 Å². The number of ether oxygens (including phenoxy) is 1. The molecular formula is C3H5BO. The fraction of sp³-hybridized carbons (Fsp3) is 0.333. The van der Waals surface area contributed by atoms with Crippen molar-refractivity contribution in [1.82, 2.24) is 0 Å². The highest BCUT2D eigenvalue weighted by Gasteiger charge is 1.56. The van der Waals surface area contributed by atoms with Crippen LogP contribution in [-0.4, -0.2) is 14.4 Å². The van der Waals surface area contributed by atoms with Gasteiger partial charge in [-0.2, -0.15) is 0 Å². The van der Waals surface area contributed by atoms with Gasteiger partial charge in [0.25, 0.3) is 0 Å². The van der Waals surface area contributed by atoms with E-state index in [1.807, 2.05) is 0 Å². The van der Waals surface area contributed by atoms with Crippen molar-refractivity contribution in [1.29, 1.82) is 0 Å². The molecule has 0 atom stereocenters. The zero-order valence-corrected chi connectivity index (χ0v) is 2.98. The van der Waals surface area contributed by atoms with Crippen molar-refractivity contribution in [3.05, 3.63) is 12.8 Å². The summed E-state index contributed by atoms with van der Waals surface area (Å²) >= 11 is 0. The Kier molecular flexibility index (Phi) is 3.32. The lowest BCUT2D eigenvalue weighted by atomic mass is 10.2. The monoisotopic (exact) mass is 68.0 g/mol. The molecule has 26 valence electrons. The molecule has 0 aromatic rings. The SMILES string of the molecule is [B]COC=C. The average molecular weight is 67.9 g/mol. The Bertz CT molecular complexity index is 28.1. The molecule has 0 saturated heterocycles. The predicted octanol–water partition coefficient (Wildman–Crippen LogP) is 0.272. The molecule has 0 aromatic carbocycles. The minimum Gasteiger partial charge on any atom is -0.512 e. The van der Waals surface area contributed by atoms with E-state index in [1.54, 1.807) is 0 Å². The summed E-state index contributed by atoms with van der Waals surface area (Å²) in [4.78, 5) is 0. The van der Waals surface area contributed by atoms with Gasteiger partial charge in [-0.1, -0.05) is 6.58 Å². The molecule has 0 aliphatic rings. The van der Waals surface area contributed by atoms with E-state index < -0.39 is 0 Å². The molecule has 0 bridgehead atoms. The van der Waals surface area contributed by atoms with Crippen LogP contribution in [0, 0.1) is 0 Å². The van der Waals surface area contributed by atoms with E-state index in [0.717, 1.165) is 0 Å². The first-order valence-electron chi connectivity index (χ1n) is 1.34. The van der Waals surface area contributed by atoms with Gasteiger partial charge in [0.15, 0.2) is 0 Å². The van der Waals surface area contributed by atoms with Crippen molar-refractivity contribution < 1.29 is 4.74 Å². The van der Waals surface area contributed by atoms with Gasteiger partial charge in [-0.15, -0.1) is 0 Å². The van der Waals surface area contributed by atoms with Gasteiger partial charge in [-0.05, 0) is 0 Å². The number of hydrogen-bond donors (Lipinski definition) is 0. The first-order valence-corrected chi connectivity index (χ1v) is 1.34. The molecule has 0 amide bonds. The number of hydrogen-bond acceptors (Lipinski definition) is 1. The van der Waals surface area contributed by atoms with E-state index in [1.165, 1.54) is 6.26 Å². The molecule has 5 heavy (non-hydrogen) atoms. The van der Waals surface area contributed by atoms with E-state index >= 15 is 0 Å². The molecule has 0 rings (SSSR count). The fourth-order valence-electron chi connectivity index (χ4n) is 0.0680. The van der Waals surface area contributed by atoms with Gasteiger partial charge in [-0.3, -0.25) is 0 Å². The molecule has 0 aliphatic carbocycles. The van der Waals surface area contributed by atoms with E-state index in [0.29, 0.717) is 0 Å². The lowest BCUT2D eigenvalue weighted by molar-refractivity contribution is 0.314. The highest BCUT2D eigenvalue weighted by atomic mass is 16.5. The summed E-state index contributed by atoms with van der Waals surface area (Å²) in [6.45, 7) is 3.47. The van der Waals surface area contributed by atoms with Crippen LogP contribution in [0.5, 0.6) is 0 Å². The van der Waals surface area contributed by atoms with Crippen LogP contribution in [0.25, 0.3) is 0 Å². The predicted molar refractivity (Wildman–Crippen MR) is 21.9 cm³/mol. The number of rotatable bonds is 2. The largest absolute Gasteiger partial charge is 0.512 e. The summed E-state index contributed by atoms with van der Waals surface area (Å²) in [6.07, 6.45) is 1.31. The third-order valence-corrected chi connectivity index (χ3v) is 0.214. The Morgan fingerprint density at radius 3 is 2.60 bits per heavy atom. The standard InChI is InChI=1S/C3H5BO/c1-2-5-3-4/h2H,1,3H2. The molecule has 1 nitrogen and oxygen atoms in total.